The first-order chi connectivity index (χ1) is 9.76. The van der Waals surface area contributed by atoms with Gasteiger partial charge in [0.05, 0.1) is 6.61 Å². The molecule has 21 heavy (non-hydrogen) atoms. The number of amides is 1. The van der Waals surface area contributed by atoms with Crippen LogP contribution in [-0.2, 0) is 28.6 Å². The fourth-order valence-electron chi connectivity index (χ4n) is 2.12. The highest BCUT2D eigenvalue weighted by Gasteiger charge is 2.49. The topological polar surface area (TPSA) is 131 Å². The molecular formula is C12H19NO8. The molecule has 1 aliphatic rings. The van der Waals surface area contributed by atoms with Crippen molar-refractivity contribution < 1.29 is 38.8 Å². The second-order valence-electron chi connectivity index (χ2n) is 4.62. The second-order valence-corrected chi connectivity index (χ2v) is 4.62. The predicted octanol–water partition coefficient (Wildman–Crippen LogP) is -1.94. The first kappa shape index (κ1) is 17.3. The van der Waals surface area contributed by atoms with Gasteiger partial charge in [0.1, 0.15) is 12.1 Å². The van der Waals surface area contributed by atoms with Crippen molar-refractivity contribution in [3.63, 3.8) is 0 Å². The van der Waals surface area contributed by atoms with Crippen molar-refractivity contribution in [2.24, 2.45) is 0 Å². The van der Waals surface area contributed by atoms with E-state index in [1.54, 1.807) is 0 Å². The molecule has 1 rings (SSSR count). The van der Waals surface area contributed by atoms with Gasteiger partial charge in [0, 0.05) is 20.8 Å². The summed E-state index contributed by atoms with van der Waals surface area (Å²) in [5.41, 5.74) is 0. The molecule has 9 heteroatoms. The summed E-state index contributed by atoms with van der Waals surface area (Å²) in [6.07, 6.45) is -4.95. The van der Waals surface area contributed by atoms with Gasteiger partial charge in [-0.3, -0.25) is 14.4 Å². The minimum atomic E-state index is -1.53. The van der Waals surface area contributed by atoms with E-state index in [0.717, 1.165) is 13.8 Å². The Morgan fingerprint density at radius 2 is 1.62 bits per heavy atom. The molecule has 9 nitrogen and oxygen atoms in total. The molecule has 0 aromatic rings. The van der Waals surface area contributed by atoms with E-state index in [-0.39, 0.29) is 0 Å². The highest BCUT2D eigenvalue weighted by atomic mass is 16.7. The van der Waals surface area contributed by atoms with Crippen LogP contribution in [-0.4, -0.2) is 65.3 Å². The van der Waals surface area contributed by atoms with E-state index in [0.29, 0.717) is 0 Å². The summed E-state index contributed by atoms with van der Waals surface area (Å²) in [7, 11) is 0. The molecule has 3 unspecified atom stereocenters. The summed E-state index contributed by atoms with van der Waals surface area (Å²) in [6.45, 7) is 2.90. The van der Waals surface area contributed by atoms with Gasteiger partial charge in [0.15, 0.2) is 18.5 Å². The first-order valence-corrected chi connectivity index (χ1v) is 6.32. The first-order valence-electron chi connectivity index (χ1n) is 6.32. The van der Waals surface area contributed by atoms with E-state index in [1.807, 2.05) is 0 Å². The number of nitrogens with one attached hydrogen (secondary N) is 1. The monoisotopic (exact) mass is 305 g/mol. The van der Waals surface area contributed by atoms with Gasteiger partial charge >= 0.3 is 11.9 Å². The number of carbonyl (C=O) groups is 3. The smallest absolute Gasteiger partial charge is 0.303 e. The zero-order chi connectivity index (χ0) is 16.2. The lowest BCUT2D eigenvalue weighted by Crippen LogP contribution is -2.65. The number of ether oxygens (including phenoxy) is 3. The molecule has 0 aromatic heterocycles. The SMILES string of the molecule is CC(=O)NC1C(OC(C)=O)[C@@H](OC(C)=O)C(CO)O[C@H]1O. The van der Waals surface area contributed by atoms with Crippen LogP contribution in [0.25, 0.3) is 0 Å². The molecule has 5 atom stereocenters. The van der Waals surface area contributed by atoms with Gasteiger partial charge in [-0.15, -0.1) is 0 Å². The molecule has 1 amide bonds. The summed E-state index contributed by atoms with van der Waals surface area (Å²) in [4.78, 5) is 33.6. The molecule has 3 N–H and O–H groups in total. The lowest BCUT2D eigenvalue weighted by atomic mass is 9.96. The molecule has 0 aromatic carbocycles. The fraction of sp³-hybridized carbons (Fsp3) is 0.750. The molecule has 0 bridgehead atoms. The number of esters is 2. The number of aliphatic hydroxyl groups excluding tert-OH is 2. The lowest BCUT2D eigenvalue weighted by Gasteiger charge is -2.43. The Balaban J connectivity index is 3.08. The van der Waals surface area contributed by atoms with E-state index >= 15 is 0 Å². The molecule has 1 fully saturated rings. The number of hydrogen-bond acceptors (Lipinski definition) is 8. The zero-order valence-corrected chi connectivity index (χ0v) is 11.9. The predicted molar refractivity (Wildman–Crippen MR) is 66.7 cm³/mol. The van der Waals surface area contributed by atoms with Crippen molar-refractivity contribution in [3.8, 4) is 0 Å². The Hall–Kier alpha value is -1.71. The Morgan fingerprint density at radius 3 is 2.05 bits per heavy atom. The average Bonchev–Trinajstić information content (AvgIpc) is 2.35. The average molecular weight is 305 g/mol. The van der Waals surface area contributed by atoms with Crippen LogP contribution < -0.4 is 5.32 Å². The van der Waals surface area contributed by atoms with Gasteiger partial charge in [0.25, 0.3) is 0 Å². The van der Waals surface area contributed by atoms with E-state index in [9.17, 15) is 24.6 Å². The van der Waals surface area contributed by atoms with E-state index in [1.165, 1.54) is 6.92 Å². The standard InChI is InChI=1S/C12H19NO8/c1-5(15)13-9-11(20-7(3)17)10(19-6(2)16)8(4-14)21-12(9)18/h8-12,14,18H,4H2,1-3H3,(H,13,15)/t8?,9?,10-,11?,12+/m0/s1. The molecule has 0 saturated carbocycles. The van der Waals surface area contributed by atoms with Crippen LogP contribution in [0.3, 0.4) is 0 Å². The van der Waals surface area contributed by atoms with Gasteiger partial charge in [-0.1, -0.05) is 0 Å². The maximum Gasteiger partial charge on any atom is 0.303 e. The van der Waals surface area contributed by atoms with Crippen molar-refractivity contribution in [1.82, 2.24) is 5.32 Å². The number of carbonyl (C=O) groups excluding carboxylic acids is 3. The van der Waals surface area contributed by atoms with Crippen molar-refractivity contribution >= 4 is 17.8 Å². The molecule has 0 aliphatic carbocycles. The zero-order valence-electron chi connectivity index (χ0n) is 11.9. The van der Waals surface area contributed by atoms with Crippen LogP contribution in [0.2, 0.25) is 0 Å². The van der Waals surface area contributed by atoms with Crippen LogP contribution in [0.15, 0.2) is 0 Å². The third kappa shape index (κ3) is 4.66. The molecule has 0 radical (unpaired) electrons. The van der Waals surface area contributed by atoms with Gasteiger partial charge in [-0.05, 0) is 0 Å². The molecule has 1 saturated heterocycles. The molecule has 120 valence electrons. The van der Waals surface area contributed by atoms with Crippen LogP contribution in [0, 0.1) is 0 Å². The third-order valence-corrected chi connectivity index (χ3v) is 2.82. The second kappa shape index (κ2) is 7.34. The summed E-state index contributed by atoms with van der Waals surface area (Å²) in [5, 5.41) is 21.5. The third-order valence-electron chi connectivity index (χ3n) is 2.82. The quantitative estimate of drug-likeness (QED) is 0.511. The van der Waals surface area contributed by atoms with Crippen LogP contribution in [0.4, 0.5) is 0 Å². The number of aliphatic hydroxyl groups is 2. The molecular weight excluding hydrogens is 286 g/mol. The van der Waals surface area contributed by atoms with Crippen LogP contribution in [0.5, 0.6) is 0 Å². The minimum absolute atomic E-state index is 0.496. The van der Waals surface area contributed by atoms with Gasteiger partial charge < -0.3 is 29.7 Å². The summed E-state index contributed by atoms with van der Waals surface area (Å²) in [6, 6.07) is -1.13. The van der Waals surface area contributed by atoms with E-state index in [4.69, 9.17) is 14.2 Å². The summed E-state index contributed by atoms with van der Waals surface area (Å²) < 4.78 is 15.1. The molecule has 0 spiro atoms. The van der Waals surface area contributed by atoms with E-state index in [2.05, 4.69) is 5.32 Å². The van der Waals surface area contributed by atoms with Crippen molar-refractivity contribution in [1.29, 1.82) is 0 Å². The van der Waals surface area contributed by atoms with Crippen LogP contribution in [0.1, 0.15) is 20.8 Å². The largest absolute Gasteiger partial charge is 0.456 e. The Morgan fingerprint density at radius 1 is 1.10 bits per heavy atom. The van der Waals surface area contributed by atoms with Gasteiger partial charge in [0.2, 0.25) is 5.91 Å². The van der Waals surface area contributed by atoms with Crippen molar-refractivity contribution in [3.05, 3.63) is 0 Å². The Labute approximate surface area is 121 Å². The van der Waals surface area contributed by atoms with Crippen LogP contribution >= 0.6 is 0 Å². The number of rotatable bonds is 4. The molecule has 1 aliphatic heterocycles. The summed E-state index contributed by atoms with van der Waals surface area (Å²) in [5.74, 6) is -1.88. The Kier molecular flexibility index (Phi) is 6.06. The lowest BCUT2D eigenvalue weighted by molar-refractivity contribution is -0.263. The summed E-state index contributed by atoms with van der Waals surface area (Å²) >= 11 is 0. The van der Waals surface area contributed by atoms with E-state index < -0.39 is 55.1 Å². The highest BCUT2D eigenvalue weighted by molar-refractivity contribution is 5.73. The maximum absolute atomic E-state index is 11.2. The minimum Gasteiger partial charge on any atom is -0.456 e. The highest BCUT2D eigenvalue weighted by Crippen LogP contribution is 2.25. The van der Waals surface area contributed by atoms with Gasteiger partial charge in [-0.25, -0.2) is 0 Å². The number of hydrogen-bond donors (Lipinski definition) is 3. The fourth-order valence-corrected chi connectivity index (χ4v) is 2.12. The van der Waals surface area contributed by atoms with Gasteiger partial charge in [-0.2, -0.15) is 0 Å². The normalized spacial score (nSPS) is 32.1. The Bertz CT molecular complexity index is 412. The maximum atomic E-state index is 11.2. The van der Waals surface area contributed by atoms with Crippen molar-refractivity contribution in [2.45, 2.75) is 51.4 Å². The molecule has 1 heterocycles. The van der Waals surface area contributed by atoms with Crippen molar-refractivity contribution in [2.75, 3.05) is 6.61 Å².